The number of hydrogen-bond acceptors (Lipinski definition) is 0. The van der Waals surface area contributed by atoms with Crippen molar-refractivity contribution in [2.45, 2.75) is 6.92 Å². The summed E-state index contributed by atoms with van der Waals surface area (Å²) in [5.74, 6) is 0.873. The average molecular weight is 208 g/mol. The van der Waals surface area contributed by atoms with Gasteiger partial charge in [-0.2, -0.15) is 0 Å². The van der Waals surface area contributed by atoms with Crippen molar-refractivity contribution in [2.24, 2.45) is 5.92 Å². The molecule has 1 heteroatoms. The van der Waals surface area contributed by atoms with E-state index in [1.54, 1.807) is 0 Å². The van der Waals surface area contributed by atoms with Crippen molar-refractivity contribution in [3.8, 4) is 0 Å². The van der Waals surface area contributed by atoms with E-state index in [-0.39, 0.29) is 0 Å². The summed E-state index contributed by atoms with van der Waals surface area (Å²) in [5.41, 5.74) is 0. The Bertz CT molecular complexity index is 103. The van der Waals surface area contributed by atoms with Crippen LogP contribution in [-0.2, 0) is 0 Å². The zero-order valence-corrected chi connectivity index (χ0v) is 6.55. The fraction of sp³-hybridized carbons (Fsp3) is 0.500. The Kier molecular flexibility index (Phi) is 2.03. The lowest BCUT2D eigenvalue weighted by Gasteiger charge is -2.01. The number of halogens is 1. The van der Waals surface area contributed by atoms with Crippen molar-refractivity contribution in [1.82, 2.24) is 0 Å². The van der Waals surface area contributed by atoms with Crippen LogP contribution in [0.5, 0.6) is 0 Å². The summed E-state index contributed by atoms with van der Waals surface area (Å²) in [6.07, 6.45) is 4.49. The standard InChI is InChI=1S/C6H9I/c1-6-3-2-4-7-5-6/h2-4,6H,5H2,1H3/t6-/m1/s1. The number of rotatable bonds is 0. The first-order chi connectivity index (χ1) is 3.39. The topological polar surface area (TPSA) is 0 Å². The van der Waals surface area contributed by atoms with Crippen LogP contribution in [0.25, 0.3) is 0 Å². The molecule has 0 bridgehead atoms. The Morgan fingerprint density at radius 3 is 2.86 bits per heavy atom. The maximum Gasteiger partial charge on any atom is 0.000813 e. The van der Waals surface area contributed by atoms with Gasteiger partial charge in [-0.1, -0.05) is 19.1 Å². The van der Waals surface area contributed by atoms with E-state index in [0.29, 0.717) is 20.7 Å². The van der Waals surface area contributed by atoms with Gasteiger partial charge in [0, 0.05) is 4.43 Å². The minimum absolute atomic E-state index is 0.463. The van der Waals surface area contributed by atoms with E-state index >= 15 is 0 Å². The molecular weight excluding hydrogens is 199 g/mol. The smallest absolute Gasteiger partial charge is 0.000813 e. The van der Waals surface area contributed by atoms with E-state index in [1.807, 2.05) is 0 Å². The summed E-state index contributed by atoms with van der Waals surface area (Å²) in [5, 5.41) is 0. The normalized spacial score (nSPS) is 29.6. The summed E-state index contributed by atoms with van der Waals surface area (Å²) in [7, 11) is 0. The number of alkyl halides is 1. The maximum absolute atomic E-state index is 2.33. The van der Waals surface area contributed by atoms with Gasteiger partial charge in [-0.15, -0.1) is 20.7 Å². The van der Waals surface area contributed by atoms with Gasteiger partial charge in [0.2, 0.25) is 0 Å². The summed E-state index contributed by atoms with van der Waals surface area (Å²) in [6.45, 7) is 2.28. The highest BCUT2D eigenvalue weighted by Crippen LogP contribution is 2.10. The van der Waals surface area contributed by atoms with Gasteiger partial charge in [-0.25, -0.2) is 0 Å². The Balaban J connectivity index is 2.49. The highest BCUT2D eigenvalue weighted by atomic mass is 127. The predicted octanol–water partition coefficient (Wildman–Crippen LogP) is 1.97. The van der Waals surface area contributed by atoms with Crippen LogP contribution in [0, 0.1) is 5.92 Å². The minimum atomic E-state index is 0.463. The van der Waals surface area contributed by atoms with Crippen molar-refractivity contribution < 1.29 is 0 Å². The van der Waals surface area contributed by atoms with Crippen molar-refractivity contribution in [3.63, 3.8) is 0 Å². The molecule has 0 aliphatic carbocycles. The Morgan fingerprint density at radius 2 is 2.57 bits per heavy atom. The van der Waals surface area contributed by atoms with E-state index in [9.17, 15) is 0 Å². The first-order valence-electron chi connectivity index (χ1n) is 2.47. The molecule has 0 unspecified atom stereocenters. The lowest BCUT2D eigenvalue weighted by molar-refractivity contribution is 0.863. The first-order valence-corrected chi connectivity index (χ1v) is 5.24. The molecule has 1 aliphatic heterocycles. The number of allylic oxidation sites excluding steroid dienone is 2. The largest absolute Gasteiger partial charge is 0.122 e. The molecule has 0 saturated carbocycles. The third-order valence-corrected chi connectivity index (χ3v) is 3.76. The van der Waals surface area contributed by atoms with Crippen LogP contribution < -0.4 is 0 Å². The fourth-order valence-corrected chi connectivity index (χ4v) is 2.45. The molecule has 0 aromatic carbocycles. The molecule has 1 atom stereocenters. The van der Waals surface area contributed by atoms with E-state index in [4.69, 9.17) is 0 Å². The van der Waals surface area contributed by atoms with E-state index < -0.39 is 0 Å². The quantitative estimate of drug-likeness (QED) is 0.421. The second-order valence-corrected chi connectivity index (χ2v) is 4.28. The van der Waals surface area contributed by atoms with E-state index in [1.165, 1.54) is 4.43 Å². The lowest BCUT2D eigenvalue weighted by Crippen LogP contribution is -1.92. The highest BCUT2D eigenvalue weighted by molar-refractivity contribution is 14.2. The van der Waals surface area contributed by atoms with Crippen LogP contribution in [0.1, 0.15) is 6.92 Å². The molecule has 0 aromatic heterocycles. The molecule has 1 aliphatic rings. The first kappa shape index (κ1) is 5.48. The highest BCUT2D eigenvalue weighted by Gasteiger charge is 1.93. The molecule has 0 saturated heterocycles. The minimum Gasteiger partial charge on any atom is -0.122 e. The molecule has 0 radical (unpaired) electrons. The van der Waals surface area contributed by atoms with Crippen LogP contribution in [0.15, 0.2) is 12.2 Å². The third-order valence-electron chi connectivity index (χ3n) is 0.934. The molecule has 0 amide bonds. The molecular formula is C6H9I. The van der Waals surface area contributed by atoms with Gasteiger partial charge in [0.15, 0.2) is 0 Å². The van der Waals surface area contributed by atoms with Crippen LogP contribution in [0.2, 0.25) is 0 Å². The van der Waals surface area contributed by atoms with E-state index in [2.05, 4.69) is 23.1 Å². The molecule has 0 nitrogen and oxygen atoms in total. The molecule has 0 fully saturated rings. The van der Waals surface area contributed by atoms with Crippen molar-refractivity contribution in [3.05, 3.63) is 12.2 Å². The molecule has 1 rings (SSSR count). The Hall–Kier alpha value is 0.340. The van der Waals surface area contributed by atoms with Crippen LogP contribution in [-0.4, -0.2) is 8.44 Å². The van der Waals surface area contributed by atoms with Crippen LogP contribution in [0.4, 0.5) is 0 Å². The molecule has 40 valence electrons. The Labute approximate surface area is 54.4 Å². The lowest BCUT2D eigenvalue weighted by atomic mass is 10.2. The number of hydrogen-bond donors (Lipinski definition) is 0. The second kappa shape index (κ2) is 2.60. The molecule has 7 heavy (non-hydrogen) atoms. The molecule has 0 spiro atoms. The second-order valence-electron chi connectivity index (χ2n) is 1.80. The third kappa shape index (κ3) is 1.72. The van der Waals surface area contributed by atoms with Crippen molar-refractivity contribution in [2.75, 3.05) is 4.43 Å². The monoisotopic (exact) mass is 208 g/mol. The zero-order chi connectivity index (χ0) is 5.11. The van der Waals surface area contributed by atoms with Gasteiger partial charge in [-0.05, 0) is 9.93 Å². The molecule has 1 heterocycles. The van der Waals surface area contributed by atoms with Crippen molar-refractivity contribution in [1.29, 1.82) is 0 Å². The van der Waals surface area contributed by atoms with Gasteiger partial charge in [-0.3, -0.25) is 0 Å². The SMILES string of the molecule is C[C@@H]1C=CC=IC1. The van der Waals surface area contributed by atoms with E-state index in [0.717, 1.165) is 5.92 Å². The van der Waals surface area contributed by atoms with Gasteiger partial charge in [0.05, 0.1) is 0 Å². The summed E-state index contributed by atoms with van der Waals surface area (Å²) in [6, 6.07) is 0. The molecule has 0 N–H and O–H groups in total. The zero-order valence-electron chi connectivity index (χ0n) is 4.39. The fourth-order valence-electron chi connectivity index (χ4n) is 0.526. The van der Waals surface area contributed by atoms with Crippen LogP contribution in [0.3, 0.4) is 0 Å². The van der Waals surface area contributed by atoms with Gasteiger partial charge in [0.1, 0.15) is 0 Å². The average Bonchev–Trinajstić information content (AvgIpc) is 1.69. The van der Waals surface area contributed by atoms with Crippen LogP contribution >= 0.6 is 20.7 Å². The van der Waals surface area contributed by atoms with Crippen molar-refractivity contribution >= 4 is 24.7 Å². The molecule has 0 aromatic rings. The summed E-state index contributed by atoms with van der Waals surface area (Å²) < 4.78 is 3.79. The Morgan fingerprint density at radius 1 is 1.71 bits per heavy atom. The van der Waals surface area contributed by atoms with Gasteiger partial charge >= 0.3 is 0 Å². The predicted molar refractivity (Wildman–Crippen MR) is 43.3 cm³/mol. The van der Waals surface area contributed by atoms with Gasteiger partial charge < -0.3 is 0 Å². The maximum atomic E-state index is 2.33. The summed E-state index contributed by atoms with van der Waals surface area (Å²) in [4.78, 5) is 0. The summed E-state index contributed by atoms with van der Waals surface area (Å²) >= 11 is 0.463. The van der Waals surface area contributed by atoms with Gasteiger partial charge in [0.25, 0.3) is 0 Å².